The molecule has 136 valence electrons. The van der Waals surface area contributed by atoms with Gasteiger partial charge in [0, 0.05) is 33.1 Å². The molecule has 1 aliphatic heterocycles. The molecule has 6 nitrogen and oxygen atoms in total. The predicted molar refractivity (Wildman–Crippen MR) is 103 cm³/mol. The average Bonchev–Trinajstić information content (AvgIpc) is 3.18. The average molecular weight is 392 g/mol. The summed E-state index contributed by atoms with van der Waals surface area (Å²) in [5, 5.41) is 0.538. The van der Waals surface area contributed by atoms with Crippen molar-refractivity contribution in [2.75, 3.05) is 45.4 Å². The number of ketones is 1. The van der Waals surface area contributed by atoms with Crippen LogP contribution in [0.3, 0.4) is 0 Å². The maximum atomic E-state index is 12.3. The highest BCUT2D eigenvalue weighted by atomic mass is 32.2. The van der Waals surface area contributed by atoms with Gasteiger partial charge in [-0.3, -0.25) is 4.79 Å². The van der Waals surface area contributed by atoms with Gasteiger partial charge in [0.1, 0.15) is 11.6 Å². The molecule has 0 atom stereocenters. The molecule has 1 aliphatic carbocycles. The van der Waals surface area contributed by atoms with E-state index < -0.39 is 15.6 Å². The van der Waals surface area contributed by atoms with Crippen molar-refractivity contribution >= 4 is 50.2 Å². The first-order valence-electron chi connectivity index (χ1n) is 8.17. The summed E-state index contributed by atoms with van der Waals surface area (Å²) in [6.45, 7) is 1.78. The van der Waals surface area contributed by atoms with E-state index in [1.54, 1.807) is 23.9 Å². The molecule has 1 saturated carbocycles. The van der Waals surface area contributed by atoms with E-state index in [4.69, 9.17) is 24.4 Å². The monoisotopic (exact) mass is 391 g/mol. The van der Waals surface area contributed by atoms with Gasteiger partial charge in [-0.25, -0.2) is 8.42 Å². The fourth-order valence-corrected chi connectivity index (χ4v) is 4.84. The largest absolute Gasteiger partial charge is 0.362 e. The van der Waals surface area contributed by atoms with Gasteiger partial charge >= 0.3 is 0 Å². The van der Waals surface area contributed by atoms with Gasteiger partial charge in [-0.05, 0) is 37.9 Å². The lowest BCUT2D eigenvalue weighted by atomic mass is 10.3. The van der Waals surface area contributed by atoms with Crippen LogP contribution in [0.4, 0.5) is 0 Å². The zero-order chi connectivity index (χ0) is 17.9. The lowest BCUT2D eigenvalue weighted by Crippen LogP contribution is -2.43. The molecule has 0 unspecified atom stereocenters. The minimum Gasteiger partial charge on any atom is -0.362 e. The highest BCUT2D eigenvalue weighted by Crippen LogP contribution is 2.31. The van der Waals surface area contributed by atoms with E-state index in [1.807, 2.05) is 4.90 Å². The predicted octanol–water partition coefficient (Wildman–Crippen LogP) is 0.910. The van der Waals surface area contributed by atoms with Crippen molar-refractivity contribution in [3.63, 3.8) is 0 Å². The molecule has 1 heterocycles. The molecule has 0 aromatic heterocycles. The summed E-state index contributed by atoms with van der Waals surface area (Å²) < 4.78 is 24.6. The van der Waals surface area contributed by atoms with Crippen LogP contribution in [0.1, 0.15) is 25.7 Å². The lowest BCUT2D eigenvalue weighted by Gasteiger charge is -2.27. The van der Waals surface area contributed by atoms with Gasteiger partial charge in [-0.1, -0.05) is 12.2 Å². The van der Waals surface area contributed by atoms with E-state index in [0.717, 1.165) is 43.8 Å². The van der Waals surface area contributed by atoms with Crippen molar-refractivity contribution in [2.45, 2.75) is 25.7 Å². The molecule has 24 heavy (non-hydrogen) atoms. The molecule has 0 spiro atoms. The summed E-state index contributed by atoms with van der Waals surface area (Å²) in [5.41, 5.74) is 0. The third-order valence-corrected chi connectivity index (χ3v) is 6.95. The number of rotatable bonds is 7. The van der Waals surface area contributed by atoms with Crippen LogP contribution in [-0.2, 0) is 14.6 Å². The van der Waals surface area contributed by atoms with Crippen molar-refractivity contribution in [3.8, 4) is 0 Å². The van der Waals surface area contributed by atoms with Crippen LogP contribution in [-0.4, -0.2) is 84.4 Å². The van der Waals surface area contributed by atoms with Gasteiger partial charge < -0.3 is 14.7 Å². The van der Waals surface area contributed by atoms with E-state index in [9.17, 15) is 13.2 Å². The first kappa shape index (κ1) is 19.5. The fourth-order valence-electron chi connectivity index (χ4n) is 2.82. The standard InChI is InChI=1S/C15H25N3O3S3/c1-16(14(22)12-5-6-12)9-13(19)10-24(20,21)11-17(2)15(23)18-7-3-4-8-18/h12H,3-11H2,1-2H3. The smallest absolute Gasteiger partial charge is 0.175 e. The van der Waals surface area contributed by atoms with E-state index in [1.165, 1.54) is 0 Å². The maximum Gasteiger partial charge on any atom is 0.175 e. The van der Waals surface area contributed by atoms with Gasteiger partial charge in [0.25, 0.3) is 0 Å². The zero-order valence-electron chi connectivity index (χ0n) is 14.2. The summed E-state index contributed by atoms with van der Waals surface area (Å²) in [5.74, 6) is -0.651. The number of hydrogen-bond donors (Lipinski definition) is 0. The third-order valence-electron chi connectivity index (χ3n) is 4.19. The Balaban J connectivity index is 1.81. The number of carbonyl (C=O) groups excluding carboxylic acids is 1. The van der Waals surface area contributed by atoms with Gasteiger partial charge in [0.2, 0.25) is 0 Å². The van der Waals surface area contributed by atoms with Gasteiger partial charge in [-0.15, -0.1) is 0 Å². The Morgan fingerprint density at radius 1 is 1.12 bits per heavy atom. The molecule has 1 saturated heterocycles. The Morgan fingerprint density at radius 2 is 1.71 bits per heavy atom. The molecule has 2 aliphatic rings. The zero-order valence-corrected chi connectivity index (χ0v) is 16.7. The van der Waals surface area contributed by atoms with Gasteiger partial charge in [0.15, 0.2) is 20.7 Å². The quantitative estimate of drug-likeness (QED) is 0.594. The molecule has 0 aromatic rings. The lowest BCUT2D eigenvalue weighted by molar-refractivity contribution is -0.116. The molecule has 2 fully saturated rings. The van der Waals surface area contributed by atoms with E-state index in [-0.39, 0.29) is 18.2 Å². The molecular weight excluding hydrogens is 366 g/mol. The summed E-state index contributed by atoms with van der Waals surface area (Å²) in [6, 6.07) is 0. The summed E-state index contributed by atoms with van der Waals surface area (Å²) in [4.78, 5) is 18.1. The third kappa shape index (κ3) is 5.63. The molecule has 0 amide bonds. The second kappa shape index (κ2) is 8.05. The minimum absolute atomic E-state index is 0.0504. The van der Waals surface area contributed by atoms with Crippen LogP contribution >= 0.6 is 24.4 Å². The van der Waals surface area contributed by atoms with Crippen molar-refractivity contribution in [2.24, 2.45) is 5.92 Å². The number of Topliss-reactive ketones (excluding diaryl/α,β-unsaturated/α-hetero) is 1. The molecule has 0 radical (unpaired) electrons. The highest BCUT2D eigenvalue weighted by molar-refractivity contribution is 7.92. The summed E-state index contributed by atoms with van der Waals surface area (Å²) >= 11 is 10.6. The highest BCUT2D eigenvalue weighted by Gasteiger charge is 2.30. The van der Waals surface area contributed by atoms with Gasteiger partial charge in [-0.2, -0.15) is 0 Å². The number of hydrogen-bond acceptors (Lipinski definition) is 5. The van der Waals surface area contributed by atoms with E-state index in [2.05, 4.69) is 0 Å². The second-order valence-electron chi connectivity index (χ2n) is 6.70. The number of likely N-dealkylation sites (N-methyl/N-ethyl adjacent to an activating group) is 1. The molecule has 0 aromatic carbocycles. The normalized spacial score (nSPS) is 17.7. The first-order chi connectivity index (χ1) is 11.2. The molecule has 0 bridgehead atoms. The van der Waals surface area contributed by atoms with E-state index in [0.29, 0.717) is 11.0 Å². The van der Waals surface area contributed by atoms with Crippen LogP contribution in [0.15, 0.2) is 0 Å². The number of likely N-dealkylation sites (tertiary alicyclic amines) is 1. The van der Waals surface area contributed by atoms with Crippen molar-refractivity contribution in [3.05, 3.63) is 0 Å². The summed E-state index contributed by atoms with van der Waals surface area (Å²) in [7, 11) is -0.125. The fraction of sp³-hybridized carbons (Fsp3) is 0.800. The van der Waals surface area contributed by atoms with Crippen molar-refractivity contribution < 1.29 is 13.2 Å². The Morgan fingerprint density at radius 3 is 2.25 bits per heavy atom. The number of sulfone groups is 1. The van der Waals surface area contributed by atoms with Gasteiger partial charge in [0.05, 0.1) is 11.5 Å². The molecule has 0 N–H and O–H groups in total. The SMILES string of the molecule is CN(CC(=O)CS(=O)(=O)CN(C)C(=S)N1CCCC1)C(=S)C1CC1. The van der Waals surface area contributed by atoms with Crippen LogP contribution in [0.2, 0.25) is 0 Å². The maximum absolute atomic E-state index is 12.3. The Labute approximate surface area is 155 Å². The molecule has 2 rings (SSSR count). The minimum atomic E-state index is -3.54. The summed E-state index contributed by atoms with van der Waals surface area (Å²) in [6.07, 6.45) is 4.28. The van der Waals surface area contributed by atoms with Crippen LogP contribution in [0, 0.1) is 5.92 Å². The van der Waals surface area contributed by atoms with E-state index >= 15 is 0 Å². The van der Waals surface area contributed by atoms with Crippen molar-refractivity contribution in [1.82, 2.24) is 14.7 Å². The Kier molecular flexibility index (Phi) is 6.55. The topological polar surface area (TPSA) is 60.9 Å². The Bertz CT molecular complexity index is 611. The van der Waals surface area contributed by atoms with Crippen LogP contribution < -0.4 is 0 Å². The number of carbonyl (C=O) groups is 1. The van der Waals surface area contributed by atoms with Crippen molar-refractivity contribution in [1.29, 1.82) is 0 Å². The second-order valence-corrected chi connectivity index (χ2v) is 9.52. The van der Waals surface area contributed by atoms with Crippen LogP contribution in [0.25, 0.3) is 0 Å². The number of thiocarbonyl (C=S) groups is 2. The number of nitrogens with zero attached hydrogens (tertiary/aromatic N) is 3. The van der Waals surface area contributed by atoms with Crippen LogP contribution in [0.5, 0.6) is 0 Å². The molecule has 9 heteroatoms. The first-order valence-corrected chi connectivity index (χ1v) is 10.8. The molecular formula is C15H25N3O3S3. The Hall–Kier alpha value is -0.800.